The maximum Gasteiger partial charge on any atom is 0.261 e. The first-order chi connectivity index (χ1) is 11.1. The number of rotatable bonds is 1. The van der Waals surface area contributed by atoms with Crippen LogP contribution in [0.4, 0.5) is 0 Å². The summed E-state index contributed by atoms with van der Waals surface area (Å²) in [5.41, 5.74) is 6.18. The first-order valence-electron chi connectivity index (χ1n) is 7.75. The van der Waals surface area contributed by atoms with E-state index in [4.69, 9.17) is 0 Å². The smallest absolute Gasteiger partial charge is 0.261 e. The van der Waals surface area contributed by atoms with Crippen LogP contribution < -0.4 is 5.56 Å². The molecule has 0 N–H and O–H groups in total. The van der Waals surface area contributed by atoms with Crippen molar-refractivity contribution < 1.29 is 0 Å². The van der Waals surface area contributed by atoms with E-state index in [9.17, 15) is 4.79 Å². The molecule has 4 nitrogen and oxygen atoms in total. The maximum atomic E-state index is 13.0. The van der Waals surface area contributed by atoms with Crippen molar-refractivity contribution in [3.8, 4) is 21.8 Å². The molecule has 1 aliphatic rings. The Morgan fingerprint density at radius 3 is 2.91 bits per heavy atom. The molecule has 116 valence electrons. The summed E-state index contributed by atoms with van der Waals surface area (Å²) in [4.78, 5) is 21.8. The molecule has 0 fully saturated rings. The van der Waals surface area contributed by atoms with Crippen molar-refractivity contribution in [3.63, 3.8) is 0 Å². The van der Waals surface area contributed by atoms with Gasteiger partial charge in [-0.05, 0) is 49.9 Å². The summed E-state index contributed by atoms with van der Waals surface area (Å²) < 4.78 is 1.91. The Labute approximate surface area is 138 Å². The fourth-order valence-corrected chi connectivity index (χ4v) is 4.10. The van der Waals surface area contributed by atoms with Gasteiger partial charge in [-0.15, -0.1) is 11.3 Å². The molecule has 0 saturated heterocycles. The van der Waals surface area contributed by atoms with Crippen molar-refractivity contribution in [1.82, 2.24) is 14.5 Å². The minimum atomic E-state index is 0.0525. The van der Waals surface area contributed by atoms with E-state index in [1.807, 2.05) is 35.3 Å². The Kier molecular flexibility index (Phi) is 3.38. The predicted molar refractivity (Wildman–Crippen MR) is 92.8 cm³/mol. The standard InChI is InChI=1S/C18H17N3OS/c1-11-8-14(17-20-12(2)10-23-17)18(22)21-7-3-4-13-5-6-19-9-15(13)16(11)21/h5-6,8-10H,3-4,7H2,1-2H3. The number of aryl methyl sites for hydroxylation is 3. The lowest BCUT2D eigenvalue weighted by molar-refractivity contribution is 0.640. The van der Waals surface area contributed by atoms with Crippen LogP contribution in [0.25, 0.3) is 21.8 Å². The summed E-state index contributed by atoms with van der Waals surface area (Å²) in [6.07, 6.45) is 5.65. The Morgan fingerprint density at radius 2 is 2.13 bits per heavy atom. The summed E-state index contributed by atoms with van der Waals surface area (Å²) in [7, 11) is 0. The van der Waals surface area contributed by atoms with E-state index in [2.05, 4.69) is 23.0 Å². The third-order valence-electron chi connectivity index (χ3n) is 4.32. The van der Waals surface area contributed by atoms with Gasteiger partial charge >= 0.3 is 0 Å². The molecule has 0 bridgehead atoms. The molecule has 0 radical (unpaired) electrons. The molecule has 4 heterocycles. The van der Waals surface area contributed by atoms with Gasteiger partial charge < -0.3 is 4.57 Å². The highest BCUT2D eigenvalue weighted by atomic mass is 32.1. The van der Waals surface area contributed by atoms with E-state index in [0.29, 0.717) is 5.56 Å². The fraction of sp³-hybridized carbons (Fsp3) is 0.278. The van der Waals surface area contributed by atoms with Crippen LogP contribution in [0.15, 0.2) is 34.7 Å². The van der Waals surface area contributed by atoms with Crippen molar-refractivity contribution in [3.05, 3.63) is 57.1 Å². The SMILES string of the molecule is Cc1csc(-c2cc(C)c3n(c2=O)CCCc2ccncc2-3)n1. The van der Waals surface area contributed by atoms with Crippen LogP contribution >= 0.6 is 11.3 Å². The second-order valence-electron chi connectivity index (χ2n) is 5.98. The van der Waals surface area contributed by atoms with E-state index in [-0.39, 0.29) is 5.56 Å². The number of aromatic nitrogens is 3. The summed E-state index contributed by atoms with van der Waals surface area (Å²) in [5.74, 6) is 0. The summed E-state index contributed by atoms with van der Waals surface area (Å²) >= 11 is 1.53. The van der Waals surface area contributed by atoms with Crippen LogP contribution in [0.2, 0.25) is 0 Å². The molecule has 23 heavy (non-hydrogen) atoms. The van der Waals surface area contributed by atoms with Crippen molar-refractivity contribution >= 4 is 11.3 Å². The minimum Gasteiger partial charge on any atom is -0.307 e. The number of hydrogen-bond acceptors (Lipinski definition) is 4. The van der Waals surface area contributed by atoms with Crippen LogP contribution in [0, 0.1) is 13.8 Å². The summed E-state index contributed by atoms with van der Waals surface area (Å²) in [5, 5.41) is 2.79. The van der Waals surface area contributed by atoms with Crippen LogP contribution in [0.1, 0.15) is 23.2 Å². The van der Waals surface area contributed by atoms with Gasteiger partial charge in [0.1, 0.15) is 5.01 Å². The van der Waals surface area contributed by atoms with Crippen molar-refractivity contribution in [2.75, 3.05) is 0 Å². The molecular formula is C18H17N3OS. The van der Waals surface area contributed by atoms with Crippen LogP contribution in [0.5, 0.6) is 0 Å². The Hall–Kier alpha value is -2.27. The highest BCUT2D eigenvalue weighted by Crippen LogP contribution is 2.31. The second kappa shape index (κ2) is 5.42. The quantitative estimate of drug-likeness (QED) is 0.687. The molecular weight excluding hydrogens is 306 g/mol. The number of fused-ring (bicyclic) bond motifs is 3. The fourth-order valence-electron chi connectivity index (χ4n) is 3.29. The molecule has 3 aromatic heterocycles. The average molecular weight is 323 g/mol. The van der Waals surface area contributed by atoms with E-state index in [1.165, 1.54) is 16.9 Å². The Morgan fingerprint density at radius 1 is 1.26 bits per heavy atom. The zero-order chi connectivity index (χ0) is 16.0. The first-order valence-corrected chi connectivity index (χ1v) is 8.63. The van der Waals surface area contributed by atoms with Crippen molar-refractivity contribution in [1.29, 1.82) is 0 Å². The van der Waals surface area contributed by atoms with Gasteiger partial charge in [-0.1, -0.05) is 0 Å². The Balaban J connectivity index is 2.01. The Bertz CT molecular complexity index is 955. The minimum absolute atomic E-state index is 0.0525. The monoisotopic (exact) mass is 323 g/mol. The van der Waals surface area contributed by atoms with Crippen LogP contribution in [-0.4, -0.2) is 14.5 Å². The lowest BCUT2D eigenvalue weighted by Crippen LogP contribution is -2.24. The highest BCUT2D eigenvalue weighted by Gasteiger charge is 2.21. The number of hydrogen-bond donors (Lipinski definition) is 0. The molecule has 0 aromatic carbocycles. The third-order valence-corrected chi connectivity index (χ3v) is 5.32. The molecule has 5 heteroatoms. The van der Waals surface area contributed by atoms with Gasteiger partial charge in [-0.2, -0.15) is 0 Å². The lowest BCUT2D eigenvalue weighted by atomic mass is 10.0. The first kappa shape index (κ1) is 14.3. The van der Waals surface area contributed by atoms with Gasteiger partial charge in [-0.3, -0.25) is 9.78 Å². The van der Waals surface area contributed by atoms with Crippen LogP contribution in [-0.2, 0) is 13.0 Å². The molecule has 0 spiro atoms. The predicted octanol–water partition coefficient (Wildman–Crippen LogP) is 3.60. The average Bonchev–Trinajstić information content (AvgIpc) is 2.87. The molecule has 0 unspecified atom stereocenters. The largest absolute Gasteiger partial charge is 0.307 e. The van der Waals surface area contributed by atoms with Gasteiger partial charge in [0.05, 0.1) is 11.3 Å². The number of thiazole rings is 1. The van der Waals surface area contributed by atoms with Crippen LogP contribution in [0.3, 0.4) is 0 Å². The van der Waals surface area contributed by atoms with E-state index in [1.54, 1.807) is 0 Å². The van der Waals surface area contributed by atoms with Gasteiger partial charge in [0.15, 0.2) is 0 Å². The zero-order valence-electron chi connectivity index (χ0n) is 13.2. The molecule has 3 aromatic rings. The van der Waals surface area contributed by atoms with Gasteiger partial charge in [0.2, 0.25) is 0 Å². The highest BCUT2D eigenvalue weighted by molar-refractivity contribution is 7.13. The zero-order valence-corrected chi connectivity index (χ0v) is 14.0. The second-order valence-corrected chi connectivity index (χ2v) is 6.83. The lowest BCUT2D eigenvalue weighted by Gasteiger charge is -2.15. The molecule has 1 aliphatic heterocycles. The molecule has 4 rings (SSSR count). The van der Waals surface area contributed by atoms with E-state index < -0.39 is 0 Å². The van der Waals surface area contributed by atoms with Crippen molar-refractivity contribution in [2.45, 2.75) is 33.2 Å². The van der Waals surface area contributed by atoms with Gasteiger partial charge in [0, 0.05) is 35.6 Å². The summed E-state index contributed by atoms with van der Waals surface area (Å²) in [6.45, 7) is 4.76. The number of nitrogens with zero attached hydrogens (tertiary/aromatic N) is 3. The number of pyridine rings is 2. The molecule has 0 amide bonds. The third kappa shape index (κ3) is 2.32. The van der Waals surface area contributed by atoms with Gasteiger partial charge in [0.25, 0.3) is 5.56 Å². The maximum absolute atomic E-state index is 13.0. The normalized spacial score (nSPS) is 13.3. The molecule has 0 aliphatic carbocycles. The molecule has 0 saturated carbocycles. The summed E-state index contributed by atoms with van der Waals surface area (Å²) in [6, 6.07) is 4.04. The topological polar surface area (TPSA) is 47.8 Å². The van der Waals surface area contributed by atoms with E-state index >= 15 is 0 Å². The van der Waals surface area contributed by atoms with Crippen molar-refractivity contribution in [2.24, 2.45) is 0 Å². The van der Waals surface area contributed by atoms with Gasteiger partial charge in [-0.25, -0.2) is 4.98 Å². The molecule has 0 atom stereocenters. The van der Waals surface area contributed by atoms with E-state index in [0.717, 1.165) is 46.9 Å².